The van der Waals surface area contributed by atoms with Crippen LogP contribution >= 0.6 is 0 Å². The van der Waals surface area contributed by atoms with Crippen molar-refractivity contribution in [1.29, 1.82) is 0 Å². The number of anilines is 1. The maximum atomic E-state index is 11.7. The fourth-order valence-electron chi connectivity index (χ4n) is 1.87. The van der Waals surface area contributed by atoms with Crippen molar-refractivity contribution >= 4 is 17.6 Å². The highest BCUT2D eigenvalue weighted by Crippen LogP contribution is 2.21. The zero-order valence-corrected chi connectivity index (χ0v) is 11.9. The fraction of sp³-hybridized carbons (Fsp3) is 0.467. The molecule has 0 saturated heterocycles. The molecular weight excluding hydrogens is 256 g/mol. The minimum Gasteiger partial charge on any atom is -0.481 e. The first-order valence-electron chi connectivity index (χ1n) is 6.79. The molecule has 0 aliphatic heterocycles. The molecule has 2 unspecified atom stereocenters. The van der Waals surface area contributed by atoms with Crippen molar-refractivity contribution in [1.82, 2.24) is 0 Å². The van der Waals surface area contributed by atoms with E-state index < -0.39 is 5.97 Å². The molecule has 0 spiro atoms. The van der Waals surface area contributed by atoms with Gasteiger partial charge in [0.1, 0.15) is 0 Å². The van der Waals surface area contributed by atoms with Crippen LogP contribution in [0.15, 0.2) is 24.3 Å². The van der Waals surface area contributed by atoms with Gasteiger partial charge in [0.05, 0.1) is 6.42 Å². The molecule has 0 radical (unpaired) electrons. The smallest absolute Gasteiger partial charge is 0.303 e. The maximum Gasteiger partial charge on any atom is 0.303 e. The SMILES string of the molecule is CCC(N)CC(=O)Nc1ccc(C(C)CC(=O)O)cc1. The van der Waals surface area contributed by atoms with Gasteiger partial charge in [0.25, 0.3) is 0 Å². The van der Waals surface area contributed by atoms with Crippen molar-refractivity contribution < 1.29 is 14.7 Å². The zero-order valence-electron chi connectivity index (χ0n) is 11.9. The highest BCUT2D eigenvalue weighted by Gasteiger charge is 2.11. The van der Waals surface area contributed by atoms with Crippen molar-refractivity contribution in [3.8, 4) is 0 Å². The number of aliphatic carboxylic acids is 1. The van der Waals surface area contributed by atoms with Gasteiger partial charge < -0.3 is 16.2 Å². The molecule has 0 fully saturated rings. The molecule has 0 aliphatic carbocycles. The molecule has 0 aliphatic rings. The first kappa shape index (κ1) is 16.2. The third kappa shape index (κ3) is 5.40. The van der Waals surface area contributed by atoms with E-state index in [0.29, 0.717) is 12.1 Å². The summed E-state index contributed by atoms with van der Waals surface area (Å²) >= 11 is 0. The number of benzene rings is 1. The standard InChI is InChI=1S/C15H22N2O3/c1-3-12(16)9-14(18)17-13-6-4-11(5-7-13)10(2)8-15(19)20/h4-7,10,12H,3,8-9,16H2,1-2H3,(H,17,18)(H,19,20). The van der Waals surface area contributed by atoms with Crippen LogP contribution in [0.5, 0.6) is 0 Å². The number of hydrogen-bond acceptors (Lipinski definition) is 3. The summed E-state index contributed by atoms with van der Waals surface area (Å²) in [5.74, 6) is -0.972. The lowest BCUT2D eigenvalue weighted by Gasteiger charge is -2.12. The van der Waals surface area contributed by atoms with Crippen LogP contribution in [0.1, 0.15) is 44.6 Å². The summed E-state index contributed by atoms with van der Waals surface area (Å²) < 4.78 is 0. The second kappa shape index (κ2) is 7.65. The van der Waals surface area contributed by atoms with E-state index in [9.17, 15) is 9.59 Å². The topological polar surface area (TPSA) is 92.4 Å². The van der Waals surface area contributed by atoms with Crippen LogP contribution in [-0.2, 0) is 9.59 Å². The van der Waals surface area contributed by atoms with Gasteiger partial charge >= 0.3 is 5.97 Å². The predicted molar refractivity (Wildman–Crippen MR) is 78.6 cm³/mol. The largest absolute Gasteiger partial charge is 0.481 e. The Kier molecular flexibility index (Phi) is 6.18. The summed E-state index contributed by atoms with van der Waals surface area (Å²) in [5, 5.41) is 11.5. The van der Waals surface area contributed by atoms with E-state index in [1.807, 2.05) is 26.0 Å². The number of rotatable bonds is 7. The molecule has 1 aromatic rings. The van der Waals surface area contributed by atoms with Crippen LogP contribution in [0.25, 0.3) is 0 Å². The molecule has 1 amide bonds. The van der Waals surface area contributed by atoms with Crippen molar-refractivity contribution in [2.24, 2.45) is 5.73 Å². The lowest BCUT2D eigenvalue weighted by atomic mass is 9.98. The number of hydrogen-bond donors (Lipinski definition) is 3. The molecule has 110 valence electrons. The first-order chi connectivity index (χ1) is 9.42. The molecule has 5 nitrogen and oxygen atoms in total. The minimum atomic E-state index is -0.816. The van der Waals surface area contributed by atoms with E-state index >= 15 is 0 Å². The van der Waals surface area contributed by atoms with E-state index in [1.54, 1.807) is 12.1 Å². The van der Waals surface area contributed by atoms with Crippen LogP contribution in [0.2, 0.25) is 0 Å². The predicted octanol–water partition coefficient (Wildman–Crippen LogP) is 2.33. The third-order valence-corrected chi connectivity index (χ3v) is 3.22. The van der Waals surface area contributed by atoms with Gasteiger partial charge in [-0.15, -0.1) is 0 Å². The van der Waals surface area contributed by atoms with E-state index in [2.05, 4.69) is 5.32 Å². The highest BCUT2D eigenvalue weighted by atomic mass is 16.4. The van der Waals surface area contributed by atoms with Crippen molar-refractivity contribution in [2.75, 3.05) is 5.32 Å². The Morgan fingerprint density at radius 1 is 1.25 bits per heavy atom. The number of nitrogens with one attached hydrogen (secondary N) is 1. The number of amides is 1. The van der Waals surface area contributed by atoms with E-state index in [0.717, 1.165) is 12.0 Å². The summed E-state index contributed by atoms with van der Waals surface area (Å²) in [6.07, 6.45) is 1.16. The van der Waals surface area contributed by atoms with Crippen molar-refractivity contribution in [3.05, 3.63) is 29.8 Å². The van der Waals surface area contributed by atoms with Crippen LogP contribution in [-0.4, -0.2) is 23.0 Å². The van der Waals surface area contributed by atoms with Gasteiger partial charge in [-0.05, 0) is 30.0 Å². The molecule has 0 bridgehead atoms. The number of carbonyl (C=O) groups excluding carboxylic acids is 1. The number of carbonyl (C=O) groups is 2. The molecule has 2 atom stereocenters. The van der Waals surface area contributed by atoms with Crippen molar-refractivity contribution in [2.45, 2.75) is 45.1 Å². The quantitative estimate of drug-likeness (QED) is 0.713. The molecular formula is C15H22N2O3. The van der Waals surface area contributed by atoms with Gasteiger partial charge in [-0.1, -0.05) is 26.0 Å². The van der Waals surface area contributed by atoms with E-state index in [1.165, 1.54) is 0 Å². The second-order valence-corrected chi connectivity index (χ2v) is 5.04. The number of nitrogens with two attached hydrogens (primary N) is 1. The van der Waals surface area contributed by atoms with E-state index in [4.69, 9.17) is 10.8 Å². The molecule has 20 heavy (non-hydrogen) atoms. The molecule has 1 rings (SSSR count). The maximum absolute atomic E-state index is 11.7. The normalized spacial score (nSPS) is 13.6. The third-order valence-electron chi connectivity index (χ3n) is 3.22. The molecule has 1 aromatic carbocycles. The summed E-state index contributed by atoms with van der Waals surface area (Å²) in [7, 11) is 0. The summed E-state index contributed by atoms with van der Waals surface area (Å²) in [4.78, 5) is 22.3. The summed E-state index contributed by atoms with van der Waals surface area (Å²) in [6, 6.07) is 7.11. The van der Waals surface area contributed by atoms with Crippen LogP contribution < -0.4 is 11.1 Å². The lowest BCUT2D eigenvalue weighted by molar-refractivity contribution is -0.137. The van der Waals surface area contributed by atoms with Gasteiger partial charge in [-0.3, -0.25) is 9.59 Å². The summed E-state index contributed by atoms with van der Waals surface area (Å²) in [5.41, 5.74) is 7.36. The van der Waals surface area contributed by atoms with Gasteiger partial charge in [-0.2, -0.15) is 0 Å². The molecule has 0 saturated carbocycles. The highest BCUT2D eigenvalue weighted by molar-refractivity contribution is 5.91. The van der Waals surface area contributed by atoms with Crippen LogP contribution in [0.4, 0.5) is 5.69 Å². The Balaban J connectivity index is 2.58. The second-order valence-electron chi connectivity index (χ2n) is 5.04. The van der Waals surface area contributed by atoms with Crippen molar-refractivity contribution in [3.63, 3.8) is 0 Å². The molecule has 5 heteroatoms. The van der Waals surface area contributed by atoms with Gasteiger partial charge in [0.15, 0.2) is 0 Å². The average molecular weight is 278 g/mol. The van der Waals surface area contributed by atoms with Crippen LogP contribution in [0, 0.1) is 0 Å². The monoisotopic (exact) mass is 278 g/mol. The van der Waals surface area contributed by atoms with Gasteiger partial charge in [0.2, 0.25) is 5.91 Å². The average Bonchev–Trinajstić information content (AvgIpc) is 2.38. The van der Waals surface area contributed by atoms with E-state index in [-0.39, 0.29) is 24.3 Å². The molecule has 0 aromatic heterocycles. The Bertz CT molecular complexity index is 457. The Morgan fingerprint density at radius 2 is 1.85 bits per heavy atom. The van der Waals surface area contributed by atoms with Crippen LogP contribution in [0.3, 0.4) is 0 Å². The zero-order chi connectivity index (χ0) is 15.1. The molecule has 4 N–H and O–H groups in total. The Hall–Kier alpha value is -1.88. The Labute approximate surface area is 119 Å². The number of carboxylic acid groups (broad SMARTS) is 1. The first-order valence-corrected chi connectivity index (χ1v) is 6.79. The van der Waals surface area contributed by atoms with Gasteiger partial charge in [-0.25, -0.2) is 0 Å². The Morgan fingerprint density at radius 3 is 2.35 bits per heavy atom. The minimum absolute atomic E-state index is 0.0502. The fourth-order valence-corrected chi connectivity index (χ4v) is 1.87. The number of carboxylic acids is 1. The summed E-state index contributed by atoms with van der Waals surface area (Å²) in [6.45, 7) is 3.80. The van der Waals surface area contributed by atoms with Gasteiger partial charge in [0, 0.05) is 18.2 Å². The lowest BCUT2D eigenvalue weighted by Crippen LogP contribution is -2.26. The molecule has 0 heterocycles.